The smallest absolute Gasteiger partial charge is 0.260 e. The Kier molecular flexibility index (Phi) is 4.35. The molecule has 3 rings (SSSR count). The van der Waals surface area contributed by atoms with E-state index in [4.69, 9.17) is 16.3 Å². The Bertz CT molecular complexity index is 792. The fourth-order valence-corrected chi connectivity index (χ4v) is 3.33. The number of hydrogen-bond donors (Lipinski definition) is 4. The van der Waals surface area contributed by atoms with Crippen LogP contribution in [0.15, 0.2) is 18.2 Å². The monoisotopic (exact) mass is 351 g/mol. The summed E-state index contributed by atoms with van der Waals surface area (Å²) in [5.74, 6) is -0.476. The molecule has 0 saturated carbocycles. The van der Waals surface area contributed by atoms with E-state index in [1.165, 1.54) is 0 Å². The molecule has 0 fully saturated rings. The Morgan fingerprint density at radius 3 is 2.92 bits per heavy atom. The summed E-state index contributed by atoms with van der Waals surface area (Å²) in [5.41, 5.74) is 1.76. The molecule has 1 aromatic heterocycles. The highest BCUT2D eigenvalue weighted by atomic mass is 35.5. The van der Waals surface area contributed by atoms with Gasteiger partial charge >= 0.3 is 0 Å². The molecule has 2 atom stereocenters. The lowest BCUT2D eigenvalue weighted by Crippen LogP contribution is -2.25. The van der Waals surface area contributed by atoms with Crippen molar-refractivity contribution in [2.45, 2.75) is 32.2 Å². The molecule has 2 aromatic rings. The van der Waals surface area contributed by atoms with Gasteiger partial charge in [0.05, 0.1) is 25.0 Å². The van der Waals surface area contributed by atoms with Gasteiger partial charge in [0.2, 0.25) is 0 Å². The van der Waals surface area contributed by atoms with Crippen molar-refractivity contribution in [3.8, 4) is 0 Å². The predicted molar refractivity (Wildman–Crippen MR) is 87.9 cm³/mol. The number of hydrogen-bond acceptors (Lipinski definition) is 5. The second kappa shape index (κ2) is 6.18. The lowest BCUT2D eigenvalue weighted by Gasteiger charge is -2.22. The molecule has 0 bridgehead atoms. The number of aromatic nitrogens is 2. The molecule has 1 amide bonds. The third-order valence-corrected chi connectivity index (χ3v) is 4.52. The van der Waals surface area contributed by atoms with Crippen LogP contribution in [0.2, 0.25) is 5.15 Å². The molecule has 1 aliphatic heterocycles. The summed E-state index contributed by atoms with van der Waals surface area (Å²) in [6.45, 7) is 3.12. The van der Waals surface area contributed by atoms with Crippen LogP contribution in [0.5, 0.6) is 0 Å². The summed E-state index contributed by atoms with van der Waals surface area (Å²) in [5, 5.41) is 28.0. The molecular formula is C16H18ClN3O4. The standard InChI is InChI=1S/C16H18ClN3O4/c1-8-12-9(16(2,7-22)24-8)4-3-5-10(12)18-15(23)13-11(6-21)19-20-14(13)17/h3-5,8,21-22H,6-7H2,1-2H3,(H,18,23)(H,19,20). The average molecular weight is 352 g/mol. The quantitative estimate of drug-likeness (QED) is 0.674. The van der Waals surface area contributed by atoms with E-state index in [-0.39, 0.29) is 35.7 Å². The minimum Gasteiger partial charge on any atom is -0.393 e. The van der Waals surface area contributed by atoms with Gasteiger partial charge in [0.15, 0.2) is 5.15 Å². The molecule has 0 radical (unpaired) electrons. The Labute approximate surface area is 143 Å². The number of halogens is 1. The van der Waals surface area contributed by atoms with Gasteiger partial charge in [-0.25, -0.2) is 0 Å². The van der Waals surface area contributed by atoms with Crippen LogP contribution in [0, 0.1) is 0 Å². The second-order valence-corrected chi connectivity index (χ2v) is 6.25. The van der Waals surface area contributed by atoms with Gasteiger partial charge in [-0.2, -0.15) is 5.10 Å². The molecule has 1 aromatic carbocycles. The van der Waals surface area contributed by atoms with Gasteiger partial charge in [-0.15, -0.1) is 0 Å². The summed E-state index contributed by atoms with van der Waals surface area (Å²) in [4.78, 5) is 12.6. The molecule has 128 valence electrons. The van der Waals surface area contributed by atoms with Gasteiger partial charge in [-0.1, -0.05) is 23.7 Å². The van der Waals surface area contributed by atoms with E-state index in [0.717, 1.165) is 11.1 Å². The van der Waals surface area contributed by atoms with Crippen molar-refractivity contribution in [3.05, 3.63) is 45.7 Å². The minimum absolute atomic E-state index is 0.00591. The number of carbonyl (C=O) groups excluding carboxylic acids is 1. The topological polar surface area (TPSA) is 107 Å². The maximum absolute atomic E-state index is 12.6. The van der Waals surface area contributed by atoms with Crippen molar-refractivity contribution in [1.29, 1.82) is 0 Å². The maximum atomic E-state index is 12.6. The number of rotatable bonds is 4. The van der Waals surface area contributed by atoms with E-state index in [9.17, 15) is 15.0 Å². The van der Waals surface area contributed by atoms with Crippen LogP contribution in [0.25, 0.3) is 0 Å². The fourth-order valence-electron chi connectivity index (χ4n) is 3.09. The summed E-state index contributed by atoms with van der Waals surface area (Å²) in [7, 11) is 0. The third kappa shape index (κ3) is 2.59. The van der Waals surface area contributed by atoms with E-state index < -0.39 is 11.5 Å². The SMILES string of the molecule is CC1OC(C)(CO)c2cccc(NC(=O)c3c(Cl)n[nH]c3CO)c21. The largest absolute Gasteiger partial charge is 0.393 e. The number of aliphatic hydroxyl groups is 2. The average Bonchev–Trinajstić information content (AvgIpc) is 3.06. The van der Waals surface area contributed by atoms with Crippen LogP contribution in [0.1, 0.15) is 47.1 Å². The molecule has 0 aliphatic carbocycles. The van der Waals surface area contributed by atoms with Crippen molar-refractivity contribution >= 4 is 23.2 Å². The number of fused-ring (bicyclic) bond motifs is 1. The Morgan fingerprint density at radius 1 is 1.50 bits per heavy atom. The minimum atomic E-state index is -0.807. The third-order valence-electron chi connectivity index (χ3n) is 4.25. The number of H-pyrrole nitrogens is 1. The number of anilines is 1. The van der Waals surface area contributed by atoms with E-state index in [1.54, 1.807) is 19.1 Å². The highest BCUT2D eigenvalue weighted by Gasteiger charge is 2.40. The van der Waals surface area contributed by atoms with E-state index in [0.29, 0.717) is 5.69 Å². The van der Waals surface area contributed by atoms with Crippen LogP contribution in [-0.4, -0.2) is 32.9 Å². The van der Waals surface area contributed by atoms with Gasteiger partial charge in [0, 0.05) is 11.3 Å². The van der Waals surface area contributed by atoms with Gasteiger partial charge in [0.1, 0.15) is 11.2 Å². The molecular weight excluding hydrogens is 334 g/mol. The summed E-state index contributed by atoms with van der Waals surface area (Å²) in [6.07, 6.45) is -0.286. The van der Waals surface area contributed by atoms with Crippen molar-refractivity contribution in [1.82, 2.24) is 10.2 Å². The number of benzene rings is 1. The van der Waals surface area contributed by atoms with E-state index >= 15 is 0 Å². The van der Waals surface area contributed by atoms with Gasteiger partial charge in [-0.05, 0) is 25.5 Å². The number of carbonyl (C=O) groups is 1. The lowest BCUT2D eigenvalue weighted by molar-refractivity contribution is -0.0871. The van der Waals surface area contributed by atoms with Crippen LogP contribution < -0.4 is 5.32 Å². The van der Waals surface area contributed by atoms with Crippen molar-refractivity contribution in [3.63, 3.8) is 0 Å². The zero-order chi connectivity index (χ0) is 17.5. The van der Waals surface area contributed by atoms with Crippen LogP contribution in [0.4, 0.5) is 5.69 Å². The number of nitrogens with zero attached hydrogens (tertiary/aromatic N) is 1. The Hall–Kier alpha value is -1.93. The zero-order valence-electron chi connectivity index (χ0n) is 13.3. The van der Waals surface area contributed by atoms with Crippen LogP contribution in [0.3, 0.4) is 0 Å². The van der Waals surface area contributed by atoms with Crippen LogP contribution in [-0.2, 0) is 16.9 Å². The fraction of sp³-hybridized carbons (Fsp3) is 0.375. The van der Waals surface area contributed by atoms with Crippen molar-refractivity contribution < 1.29 is 19.7 Å². The first-order valence-corrected chi connectivity index (χ1v) is 7.86. The lowest BCUT2D eigenvalue weighted by atomic mass is 9.92. The number of aliphatic hydroxyl groups excluding tert-OH is 2. The Balaban J connectivity index is 1.98. The molecule has 24 heavy (non-hydrogen) atoms. The van der Waals surface area contributed by atoms with Crippen LogP contribution >= 0.6 is 11.6 Å². The molecule has 4 N–H and O–H groups in total. The molecule has 0 saturated heterocycles. The zero-order valence-corrected chi connectivity index (χ0v) is 14.0. The van der Waals surface area contributed by atoms with Gasteiger partial charge in [-0.3, -0.25) is 9.89 Å². The summed E-state index contributed by atoms with van der Waals surface area (Å²) >= 11 is 5.93. The molecule has 7 nitrogen and oxygen atoms in total. The highest BCUT2D eigenvalue weighted by Crippen LogP contribution is 2.46. The molecule has 2 heterocycles. The van der Waals surface area contributed by atoms with E-state index in [1.807, 2.05) is 13.0 Å². The molecule has 2 unspecified atom stereocenters. The number of ether oxygens (including phenoxy) is 1. The molecule has 0 spiro atoms. The van der Waals surface area contributed by atoms with E-state index in [2.05, 4.69) is 15.5 Å². The predicted octanol–water partition coefficient (Wildman–Crippen LogP) is 2.11. The maximum Gasteiger partial charge on any atom is 0.260 e. The van der Waals surface area contributed by atoms with Crippen molar-refractivity contribution in [2.24, 2.45) is 0 Å². The molecule has 8 heteroatoms. The number of aromatic amines is 1. The normalized spacial score (nSPS) is 22.5. The van der Waals surface area contributed by atoms with Crippen molar-refractivity contribution in [2.75, 3.05) is 11.9 Å². The number of nitrogens with one attached hydrogen (secondary N) is 2. The number of amides is 1. The first-order valence-electron chi connectivity index (χ1n) is 7.48. The summed E-state index contributed by atoms with van der Waals surface area (Å²) in [6, 6.07) is 5.41. The first kappa shape index (κ1) is 16.9. The molecule has 1 aliphatic rings. The summed E-state index contributed by atoms with van der Waals surface area (Å²) < 4.78 is 5.86. The highest BCUT2D eigenvalue weighted by molar-refractivity contribution is 6.33. The first-order chi connectivity index (χ1) is 11.4. The van der Waals surface area contributed by atoms with Gasteiger partial charge in [0.25, 0.3) is 5.91 Å². The second-order valence-electron chi connectivity index (χ2n) is 5.90. The van der Waals surface area contributed by atoms with Gasteiger partial charge < -0.3 is 20.3 Å². The Morgan fingerprint density at radius 2 is 2.25 bits per heavy atom.